The van der Waals surface area contributed by atoms with Gasteiger partial charge in [0.05, 0.1) is 18.2 Å². The fourth-order valence-electron chi connectivity index (χ4n) is 2.28. The molecule has 0 heterocycles. The van der Waals surface area contributed by atoms with Crippen molar-refractivity contribution in [2.24, 2.45) is 11.7 Å². The van der Waals surface area contributed by atoms with Crippen LogP contribution in [0.2, 0.25) is 0 Å². The summed E-state index contributed by atoms with van der Waals surface area (Å²) in [6.07, 6.45) is 0.914. The Balaban J connectivity index is 2.07. The van der Waals surface area contributed by atoms with E-state index in [1.165, 1.54) is 0 Å². The van der Waals surface area contributed by atoms with E-state index in [2.05, 4.69) is 5.32 Å². The summed E-state index contributed by atoms with van der Waals surface area (Å²) in [5.74, 6) is 0.216. The first kappa shape index (κ1) is 17.0. The second-order valence-electron chi connectivity index (χ2n) is 5.56. The zero-order valence-electron chi connectivity index (χ0n) is 13.7. The molecular weight excluding hydrogens is 288 g/mol. The minimum Gasteiger partial charge on any atom is -0.491 e. The topological polar surface area (TPSA) is 64.3 Å². The van der Waals surface area contributed by atoms with Crippen LogP contribution in [0.3, 0.4) is 0 Å². The smallest absolute Gasteiger partial charge is 0.229 e. The lowest BCUT2D eigenvalue weighted by atomic mass is 9.94. The van der Waals surface area contributed by atoms with Crippen molar-refractivity contribution in [2.45, 2.75) is 26.3 Å². The SMILES string of the molecule is CCCOc1ccccc1NC(=O)C(C)C(N)c1ccccc1. The molecule has 0 aliphatic rings. The summed E-state index contributed by atoms with van der Waals surface area (Å²) in [6, 6.07) is 16.8. The van der Waals surface area contributed by atoms with Gasteiger partial charge in [-0.25, -0.2) is 0 Å². The van der Waals surface area contributed by atoms with Crippen LogP contribution in [-0.2, 0) is 4.79 Å². The van der Waals surface area contributed by atoms with Gasteiger partial charge in [-0.1, -0.05) is 56.3 Å². The fourth-order valence-corrected chi connectivity index (χ4v) is 2.28. The third kappa shape index (κ3) is 4.57. The molecule has 122 valence electrons. The molecule has 3 N–H and O–H groups in total. The van der Waals surface area contributed by atoms with E-state index in [0.717, 1.165) is 12.0 Å². The number of rotatable bonds is 7. The monoisotopic (exact) mass is 312 g/mol. The number of hydrogen-bond donors (Lipinski definition) is 2. The fraction of sp³-hybridized carbons (Fsp3) is 0.316. The van der Waals surface area contributed by atoms with Crippen molar-refractivity contribution in [3.05, 3.63) is 60.2 Å². The summed E-state index contributed by atoms with van der Waals surface area (Å²) in [7, 11) is 0. The van der Waals surface area contributed by atoms with Crippen molar-refractivity contribution < 1.29 is 9.53 Å². The first-order valence-electron chi connectivity index (χ1n) is 7.96. The molecule has 23 heavy (non-hydrogen) atoms. The van der Waals surface area contributed by atoms with Crippen LogP contribution < -0.4 is 15.8 Å². The Morgan fingerprint density at radius 1 is 1.13 bits per heavy atom. The molecule has 0 aliphatic carbocycles. The van der Waals surface area contributed by atoms with Crippen LogP contribution in [0.1, 0.15) is 31.9 Å². The summed E-state index contributed by atoms with van der Waals surface area (Å²) in [5.41, 5.74) is 7.85. The lowest BCUT2D eigenvalue weighted by molar-refractivity contribution is -0.120. The molecule has 2 aromatic carbocycles. The van der Waals surface area contributed by atoms with E-state index >= 15 is 0 Å². The molecule has 0 fully saturated rings. The Hall–Kier alpha value is -2.33. The first-order chi connectivity index (χ1) is 11.1. The van der Waals surface area contributed by atoms with E-state index in [1.807, 2.05) is 68.4 Å². The van der Waals surface area contributed by atoms with Gasteiger partial charge in [-0.3, -0.25) is 4.79 Å². The highest BCUT2D eigenvalue weighted by molar-refractivity contribution is 5.94. The maximum atomic E-state index is 12.5. The summed E-state index contributed by atoms with van der Waals surface area (Å²) in [5, 5.41) is 2.93. The molecule has 2 aromatic rings. The predicted molar refractivity (Wildman–Crippen MR) is 93.4 cm³/mol. The summed E-state index contributed by atoms with van der Waals surface area (Å²) in [4.78, 5) is 12.5. The van der Waals surface area contributed by atoms with Gasteiger partial charge in [0.2, 0.25) is 5.91 Å². The summed E-state index contributed by atoms with van der Waals surface area (Å²) >= 11 is 0. The molecule has 0 aromatic heterocycles. The average molecular weight is 312 g/mol. The van der Waals surface area contributed by atoms with Crippen molar-refractivity contribution in [3.63, 3.8) is 0 Å². The molecule has 0 radical (unpaired) electrons. The normalized spacial score (nSPS) is 13.2. The third-order valence-electron chi connectivity index (χ3n) is 3.74. The molecule has 0 saturated carbocycles. The highest BCUT2D eigenvalue weighted by Crippen LogP contribution is 2.26. The highest BCUT2D eigenvalue weighted by Gasteiger charge is 2.22. The Bertz CT molecular complexity index is 628. The minimum absolute atomic E-state index is 0.117. The number of carbonyl (C=O) groups is 1. The van der Waals surface area contributed by atoms with Crippen molar-refractivity contribution in [1.29, 1.82) is 0 Å². The summed E-state index contributed by atoms with van der Waals surface area (Å²) in [6.45, 7) is 4.50. The molecule has 0 aliphatic heterocycles. The van der Waals surface area contributed by atoms with Gasteiger partial charge in [0.15, 0.2) is 0 Å². The van der Waals surface area contributed by atoms with Gasteiger partial charge in [0.25, 0.3) is 0 Å². The third-order valence-corrected chi connectivity index (χ3v) is 3.74. The second kappa shape index (κ2) is 8.34. The van der Waals surface area contributed by atoms with Crippen molar-refractivity contribution in [3.8, 4) is 5.75 Å². The van der Waals surface area contributed by atoms with Gasteiger partial charge in [-0.05, 0) is 24.1 Å². The van der Waals surface area contributed by atoms with E-state index in [-0.39, 0.29) is 17.9 Å². The molecular formula is C19H24N2O2. The van der Waals surface area contributed by atoms with Gasteiger partial charge in [-0.15, -0.1) is 0 Å². The van der Waals surface area contributed by atoms with Crippen molar-refractivity contribution >= 4 is 11.6 Å². The Morgan fingerprint density at radius 2 is 1.78 bits per heavy atom. The molecule has 0 spiro atoms. The van der Waals surface area contributed by atoms with Crippen LogP contribution in [0, 0.1) is 5.92 Å². The number of anilines is 1. The lowest BCUT2D eigenvalue weighted by Crippen LogP contribution is -2.30. The number of amides is 1. The van der Waals surface area contributed by atoms with Crippen LogP contribution >= 0.6 is 0 Å². The highest BCUT2D eigenvalue weighted by atomic mass is 16.5. The van der Waals surface area contributed by atoms with Crippen LogP contribution in [0.4, 0.5) is 5.69 Å². The van der Waals surface area contributed by atoms with Gasteiger partial charge >= 0.3 is 0 Å². The maximum absolute atomic E-state index is 12.5. The largest absolute Gasteiger partial charge is 0.491 e. The number of carbonyl (C=O) groups excluding carboxylic acids is 1. The number of nitrogens with one attached hydrogen (secondary N) is 1. The predicted octanol–water partition coefficient (Wildman–Crippen LogP) is 3.75. The molecule has 2 atom stereocenters. The van der Waals surface area contributed by atoms with E-state index in [4.69, 9.17) is 10.5 Å². The van der Waals surface area contributed by atoms with Crippen LogP contribution in [0.15, 0.2) is 54.6 Å². The maximum Gasteiger partial charge on any atom is 0.229 e. The average Bonchev–Trinajstić information content (AvgIpc) is 2.60. The molecule has 1 amide bonds. The van der Waals surface area contributed by atoms with E-state index in [9.17, 15) is 4.79 Å². The number of benzene rings is 2. The molecule has 4 nitrogen and oxygen atoms in total. The van der Waals surface area contributed by atoms with Gasteiger partial charge in [-0.2, -0.15) is 0 Å². The molecule has 2 rings (SSSR count). The Kier molecular flexibility index (Phi) is 6.18. The zero-order valence-corrected chi connectivity index (χ0v) is 13.7. The standard InChI is InChI=1S/C19H24N2O2/c1-3-13-23-17-12-8-7-11-16(17)21-19(22)14(2)18(20)15-9-5-4-6-10-15/h4-12,14,18H,3,13,20H2,1-2H3,(H,21,22). The quantitative estimate of drug-likeness (QED) is 0.818. The minimum atomic E-state index is -0.350. The Morgan fingerprint density at radius 3 is 2.48 bits per heavy atom. The number of para-hydroxylation sites is 2. The first-order valence-corrected chi connectivity index (χ1v) is 7.96. The summed E-state index contributed by atoms with van der Waals surface area (Å²) < 4.78 is 5.67. The van der Waals surface area contributed by atoms with Crippen molar-refractivity contribution in [2.75, 3.05) is 11.9 Å². The number of ether oxygens (including phenoxy) is 1. The number of hydrogen-bond acceptors (Lipinski definition) is 3. The molecule has 2 unspecified atom stereocenters. The zero-order chi connectivity index (χ0) is 16.7. The molecule has 0 bridgehead atoms. The van der Waals surface area contributed by atoms with Gasteiger partial charge in [0, 0.05) is 6.04 Å². The van der Waals surface area contributed by atoms with Crippen LogP contribution in [0.25, 0.3) is 0 Å². The van der Waals surface area contributed by atoms with Gasteiger partial charge in [0.1, 0.15) is 5.75 Å². The lowest BCUT2D eigenvalue weighted by Gasteiger charge is -2.20. The van der Waals surface area contributed by atoms with Crippen LogP contribution in [-0.4, -0.2) is 12.5 Å². The van der Waals surface area contributed by atoms with E-state index < -0.39 is 0 Å². The van der Waals surface area contributed by atoms with Crippen LogP contribution in [0.5, 0.6) is 5.75 Å². The van der Waals surface area contributed by atoms with E-state index in [0.29, 0.717) is 18.0 Å². The van der Waals surface area contributed by atoms with Crippen molar-refractivity contribution in [1.82, 2.24) is 0 Å². The molecule has 4 heteroatoms. The van der Waals surface area contributed by atoms with Gasteiger partial charge < -0.3 is 15.8 Å². The Labute approximate surface area is 137 Å². The second-order valence-corrected chi connectivity index (χ2v) is 5.56. The number of nitrogens with two attached hydrogens (primary N) is 1. The van der Waals surface area contributed by atoms with E-state index in [1.54, 1.807) is 0 Å². The molecule has 0 saturated heterocycles.